The lowest BCUT2D eigenvalue weighted by Crippen LogP contribution is -2.72. The zero-order valence-electron chi connectivity index (χ0n) is 14.2. The van der Waals surface area contributed by atoms with E-state index in [0.717, 1.165) is 19.3 Å². The molecule has 1 aliphatic carbocycles. The number of carboxylic acids is 1. The smallest absolute Gasteiger partial charge is 0.327 e. The minimum atomic E-state index is -1.15. The number of isocyanates is 1. The normalized spacial score (nSPS) is 32.2. The van der Waals surface area contributed by atoms with Crippen molar-refractivity contribution in [3.63, 3.8) is 0 Å². The molecule has 1 saturated carbocycles. The molecule has 2 amide bonds. The molecular weight excluding hydrogens is 346 g/mol. The molecule has 0 aromatic heterocycles. The Balaban J connectivity index is 1.76. The first-order valence-corrected chi connectivity index (χ1v) is 9.24. The van der Waals surface area contributed by atoms with Gasteiger partial charge in [-0.2, -0.15) is 4.99 Å². The van der Waals surface area contributed by atoms with Gasteiger partial charge in [0.2, 0.25) is 17.9 Å². The van der Waals surface area contributed by atoms with Crippen molar-refractivity contribution in [1.82, 2.24) is 10.2 Å². The summed E-state index contributed by atoms with van der Waals surface area (Å²) in [4.78, 5) is 52.6. The van der Waals surface area contributed by atoms with E-state index in [2.05, 4.69) is 10.3 Å². The first kappa shape index (κ1) is 17.9. The van der Waals surface area contributed by atoms with E-state index in [1.807, 2.05) is 0 Å². The molecule has 0 radical (unpaired) electrons. The number of hydrogen-bond acceptors (Lipinski definition) is 6. The summed E-state index contributed by atoms with van der Waals surface area (Å²) in [6, 6.07) is -1.69. The van der Waals surface area contributed by atoms with Crippen molar-refractivity contribution in [2.75, 3.05) is 0 Å². The van der Waals surface area contributed by atoms with Gasteiger partial charge in [0.15, 0.2) is 5.54 Å². The van der Waals surface area contributed by atoms with Gasteiger partial charge in [-0.05, 0) is 26.7 Å². The number of amides is 2. The zero-order valence-corrected chi connectivity index (χ0v) is 15.0. The Morgan fingerprint density at radius 2 is 1.96 bits per heavy atom. The van der Waals surface area contributed by atoms with Gasteiger partial charge in [-0.25, -0.2) is 9.59 Å². The first-order chi connectivity index (χ1) is 11.7. The summed E-state index contributed by atoms with van der Waals surface area (Å²) in [6.07, 6.45) is 4.97. The second-order valence-electron chi connectivity index (χ2n) is 7.34. The molecule has 136 valence electrons. The third-order valence-electron chi connectivity index (χ3n) is 5.32. The van der Waals surface area contributed by atoms with Gasteiger partial charge < -0.3 is 15.3 Å². The van der Waals surface area contributed by atoms with Crippen LogP contribution in [0.2, 0.25) is 0 Å². The maximum Gasteiger partial charge on any atom is 0.327 e. The van der Waals surface area contributed by atoms with Crippen LogP contribution in [0.1, 0.15) is 46.0 Å². The number of β-lactam (4-membered cyclic amide) rings is 1. The Hall–Kier alpha value is -1.86. The van der Waals surface area contributed by atoms with Crippen molar-refractivity contribution in [3.8, 4) is 0 Å². The van der Waals surface area contributed by atoms with Crippen molar-refractivity contribution in [3.05, 3.63) is 0 Å². The average molecular weight is 367 g/mol. The SMILES string of the molecule is CC1(C)S[C@@H]2[C@H](NC(=O)C3(N=C=O)CCCCC3)C(=O)N2[C@H]1C(=O)O. The van der Waals surface area contributed by atoms with Crippen LogP contribution in [-0.2, 0) is 19.2 Å². The molecule has 2 aliphatic heterocycles. The molecule has 2 heterocycles. The highest BCUT2D eigenvalue weighted by Crippen LogP contribution is 2.51. The number of hydrogen-bond donors (Lipinski definition) is 2. The standard InChI is InChI=1S/C16H21N3O5S/c1-15(2)10(13(22)23)19-11(21)9(12(19)25-15)18-14(24)16(17-8-20)6-4-3-5-7-16/h9-10,12H,3-7H2,1-2H3,(H,18,24)(H,22,23)/t9-,10+,12-/m1/s1. The molecular formula is C16H21N3O5S. The molecule has 0 spiro atoms. The number of aliphatic imine (C=N–C) groups is 1. The number of nitrogens with one attached hydrogen (secondary N) is 1. The lowest BCUT2D eigenvalue weighted by Gasteiger charge is -2.44. The largest absolute Gasteiger partial charge is 0.480 e. The summed E-state index contributed by atoms with van der Waals surface area (Å²) in [5.74, 6) is -1.89. The Kier molecular flexibility index (Phi) is 4.41. The number of nitrogens with zero attached hydrogens (tertiary/aromatic N) is 2. The summed E-state index contributed by atoms with van der Waals surface area (Å²) in [5, 5.41) is 11.7. The van der Waals surface area contributed by atoms with Crippen molar-refractivity contribution in [2.45, 2.75) is 73.7 Å². The minimum absolute atomic E-state index is 0.398. The van der Waals surface area contributed by atoms with Gasteiger partial charge >= 0.3 is 5.97 Å². The van der Waals surface area contributed by atoms with Crippen molar-refractivity contribution in [1.29, 1.82) is 0 Å². The summed E-state index contributed by atoms with van der Waals surface area (Å²) in [6.45, 7) is 3.56. The Labute approximate surface area is 149 Å². The topological polar surface area (TPSA) is 116 Å². The molecule has 0 aromatic rings. The second kappa shape index (κ2) is 6.14. The maximum absolute atomic E-state index is 12.7. The number of rotatable bonds is 4. The molecule has 0 unspecified atom stereocenters. The average Bonchev–Trinajstić information content (AvgIpc) is 2.81. The molecule has 2 N–H and O–H groups in total. The van der Waals surface area contributed by atoms with Crippen molar-refractivity contribution >= 4 is 35.6 Å². The van der Waals surface area contributed by atoms with Gasteiger partial charge in [0, 0.05) is 4.75 Å². The van der Waals surface area contributed by atoms with E-state index >= 15 is 0 Å². The summed E-state index contributed by atoms with van der Waals surface area (Å²) in [5.41, 5.74) is -1.15. The van der Waals surface area contributed by atoms with E-state index < -0.39 is 45.5 Å². The molecule has 3 atom stereocenters. The summed E-state index contributed by atoms with van der Waals surface area (Å²) >= 11 is 1.37. The van der Waals surface area contributed by atoms with Crippen LogP contribution in [0.25, 0.3) is 0 Å². The van der Waals surface area contributed by atoms with Crippen molar-refractivity contribution in [2.24, 2.45) is 4.99 Å². The zero-order chi connectivity index (χ0) is 18.4. The molecule has 9 heteroatoms. The lowest BCUT2D eigenvalue weighted by atomic mass is 9.81. The highest BCUT2D eigenvalue weighted by atomic mass is 32.2. The van der Waals surface area contributed by atoms with Crippen LogP contribution >= 0.6 is 11.8 Å². The maximum atomic E-state index is 12.7. The predicted molar refractivity (Wildman–Crippen MR) is 89.6 cm³/mol. The monoisotopic (exact) mass is 367 g/mol. The number of fused-ring (bicyclic) bond motifs is 1. The fraction of sp³-hybridized carbons (Fsp3) is 0.750. The number of carboxylic acid groups (broad SMARTS) is 1. The summed E-state index contributed by atoms with van der Waals surface area (Å²) in [7, 11) is 0. The van der Waals surface area contributed by atoms with E-state index in [0.29, 0.717) is 12.8 Å². The van der Waals surface area contributed by atoms with Crippen LogP contribution in [-0.4, -0.2) is 61.6 Å². The van der Waals surface area contributed by atoms with Gasteiger partial charge in [0.25, 0.3) is 0 Å². The molecule has 3 rings (SSSR count). The van der Waals surface area contributed by atoms with Crippen LogP contribution in [0.4, 0.5) is 0 Å². The summed E-state index contributed by atoms with van der Waals surface area (Å²) < 4.78 is -0.644. The van der Waals surface area contributed by atoms with Crippen molar-refractivity contribution < 1.29 is 24.3 Å². The molecule has 3 aliphatic rings. The Bertz CT molecular complexity index is 667. The quantitative estimate of drug-likeness (QED) is 0.428. The number of carbonyl (C=O) groups excluding carboxylic acids is 3. The van der Waals surface area contributed by atoms with Crippen LogP contribution in [0.5, 0.6) is 0 Å². The first-order valence-electron chi connectivity index (χ1n) is 8.36. The number of carbonyl (C=O) groups is 3. The Morgan fingerprint density at radius 3 is 2.52 bits per heavy atom. The van der Waals surface area contributed by atoms with Gasteiger partial charge in [-0.3, -0.25) is 9.59 Å². The van der Waals surface area contributed by atoms with E-state index in [4.69, 9.17) is 0 Å². The van der Waals surface area contributed by atoms with Crippen LogP contribution < -0.4 is 5.32 Å². The highest BCUT2D eigenvalue weighted by Gasteiger charge is 2.64. The molecule has 3 fully saturated rings. The van der Waals surface area contributed by atoms with E-state index in [9.17, 15) is 24.3 Å². The van der Waals surface area contributed by atoms with E-state index in [1.54, 1.807) is 13.8 Å². The van der Waals surface area contributed by atoms with E-state index in [1.165, 1.54) is 22.7 Å². The fourth-order valence-corrected chi connectivity index (χ4v) is 5.66. The molecule has 8 nitrogen and oxygen atoms in total. The lowest BCUT2D eigenvalue weighted by molar-refractivity contribution is -0.161. The van der Waals surface area contributed by atoms with E-state index in [-0.39, 0.29) is 0 Å². The molecule has 0 bridgehead atoms. The fourth-order valence-electron chi connectivity index (χ4n) is 4.03. The predicted octanol–water partition coefficient (Wildman–Crippen LogP) is 0.657. The van der Waals surface area contributed by atoms with Gasteiger partial charge in [-0.1, -0.05) is 19.3 Å². The third kappa shape index (κ3) is 2.75. The second-order valence-corrected chi connectivity index (χ2v) is 9.12. The van der Waals surface area contributed by atoms with Crippen LogP contribution in [0.3, 0.4) is 0 Å². The van der Waals surface area contributed by atoms with Gasteiger partial charge in [0.05, 0.1) is 0 Å². The third-order valence-corrected chi connectivity index (χ3v) is 6.90. The van der Waals surface area contributed by atoms with Crippen LogP contribution in [0.15, 0.2) is 4.99 Å². The Morgan fingerprint density at radius 1 is 1.32 bits per heavy atom. The van der Waals surface area contributed by atoms with Crippen LogP contribution in [0, 0.1) is 0 Å². The molecule has 0 aromatic carbocycles. The number of thioether (sulfide) groups is 1. The highest BCUT2D eigenvalue weighted by molar-refractivity contribution is 8.01. The minimum Gasteiger partial charge on any atom is -0.480 e. The molecule has 2 saturated heterocycles. The molecule has 25 heavy (non-hydrogen) atoms. The number of aliphatic carboxylic acids is 1. The van der Waals surface area contributed by atoms with Gasteiger partial charge in [-0.15, -0.1) is 11.8 Å². The van der Waals surface area contributed by atoms with Gasteiger partial charge in [0.1, 0.15) is 17.5 Å².